The molecule has 1 fully saturated rings. The van der Waals surface area contributed by atoms with Gasteiger partial charge in [0.05, 0.1) is 24.4 Å². The van der Waals surface area contributed by atoms with Gasteiger partial charge in [0.25, 0.3) is 5.91 Å². The van der Waals surface area contributed by atoms with Gasteiger partial charge in [0.15, 0.2) is 6.29 Å². The summed E-state index contributed by atoms with van der Waals surface area (Å²) in [5.74, 6) is -0.0400. The van der Waals surface area contributed by atoms with Crippen LogP contribution in [-0.2, 0) is 9.47 Å². The van der Waals surface area contributed by atoms with Crippen LogP contribution in [-0.4, -0.2) is 36.9 Å². The number of carbonyl (C=O) groups is 1. The van der Waals surface area contributed by atoms with Crippen molar-refractivity contribution in [2.45, 2.75) is 39.9 Å². The highest BCUT2D eigenvalue weighted by Crippen LogP contribution is 2.31. The van der Waals surface area contributed by atoms with Crippen LogP contribution in [0.5, 0.6) is 0 Å². The molecule has 0 radical (unpaired) electrons. The van der Waals surface area contributed by atoms with E-state index in [1.54, 1.807) is 6.20 Å². The number of aryl methyl sites for hydroxylation is 1. The number of ether oxygens (including phenoxy) is 2. The molecule has 1 aliphatic rings. The number of amides is 1. The van der Waals surface area contributed by atoms with Crippen molar-refractivity contribution < 1.29 is 14.3 Å². The first kappa shape index (κ1) is 15.4. The van der Waals surface area contributed by atoms with Gasteiger partial charge in [-0.25, -0.2) is 4.98 Å². The molecule has 1 saturated heterocycles. The lowest BCUT2D eigenvalue weighted by Gasteiger charge is -2.29. The zero-order valence-electron chi connectivity index (χ0n) is 12.3. The van der Waals surface area contributed by atoms with Crippen LogP contribution >= 0.6 is 11.3 Å². The summed E-state index contributed by atoms with van der Waals surface area (Å²) >= 11 is 1.42. The molecule has 112 valence electrons. The quantitative estimate of drug-likeness (QED) is 0.819. The molecule has 1 aromatic rings. The molecule has 1 aliphatic heterocycles. The van der Waals surface area contributed by atoms with E-state index in [-0.39, 0.29) is 17.6 Å². The summed E-state index contributed by atoms with van der Waals surface area (Å²) in [6.07, 6.45) is 3.35. The van der Waals surface area contributed by atoms with Gasteiger partial charge in [-0.15, -0.1) is 11.3 Å². The third-order valence-corrected chi connectivity index (χ3v) is 4.30. The second-order valence-corrected chi connectivity index (χ2v) is 6.90. The van der Waals surface area contributed by atoms with Gasteiger partial charge in [-0.1, -0.05) is 13.8 Å². The lowest BCUT2D eigenvalue weighted by molar-refractivity contribution is -0.122. The Labute approximate surface area is 123 Å². The van der Waals surface area contributed by atoms with Crippen LogP contribution in [0.2, 0.25) is 0 Å². The third-order valence-electron chi connectivity index (χ3n) is 3.39. The van der Waals surface area contributed by atoms with Crippen molar-refractivity contribution in [3.8, 4) is 0 Å². The molecule has 0 unspecified atom stereocenters. The number of nitrogens with one attached hydrogen (secondary N) is 1. The Kier molecular flexibility index (Phi) is 5.12. The molecule has 1 aromatic heterocycles. The van der Waals surface area contributed by atoms with Crippen molar-refractivity contribution in [1.29, 1.82) is 0 Å². The molecule has 20 heavy (non-hydrogen) atoms. The van der Waals surface area contributed by atoms with Crippen LogP contribution < -0.4 is 5.32 Å². The van der Waals surface area contributed by atoms with Gasteiger partial charge < -0.3 is 14.8 Å². The van der Waals surface area contributed by atoms with Gasteiger partial charge in [-0.2, -0.15) is 0 Å². The summed E-state index contributed by atoms with van der Waals surface area (Å²) in [5, 5.41) is 3.83. The van der Waals surface area contributed by atoms with Gasteiger partial charge in [-0.05, 0) is 19.8 Å². The first-order valence-corrected chi connectivity index (χ1v) is 7.74. The Morgan fingerprint density at radius 2 is 2.20 bits per heavy atom. The van der Waals surface area contributed by atoms with Gasteiger partial charge in [0.1, 0.15) is 4.88 Å². The largest absolute Gasteiger partial charge is 0.351 e. The van der Waals surface area contributed by atoms with E-state index in [9.17, 15) is 4.79 Å². The van der Waals surface area contributed by atoms with E-state index in [2.05, 4.69) is 24.1 Å². The van der Waals surface area contributed by atoms with Crippen molar-refractivity contribution in [2.24, 2.45) is 5.41 Å². The maximum Gasteiger partial charge on any atom is 0.263 e. The predicted molar refractivity (Wildman–Crippen MR) is 77.9 cm³/mol. The minimum absolute atomic E-state index is 0.0255. The molecule has 2 rings (SSSR count). The van der Waals surface area contributed by atoms with E-state index < -0.39 is 0 Å². The number of aromatic nitrogens is 1. The molecule has 0 aliphatic carbocycles. The van der Waals surface area contributed by atoms with Crippen LogP contribution in [0.3, 0.4) is 0 Å². The second-order valence-electron chi connectivity index (χ2n) is 5.67. The fourth-order valence-electron chi connectivity index (χ4n) is 2.23. The minimum atomic E-state index is -0.123. The summed E-state index contributed by atoms with van der Waals surface area (Å²) < 4.78 is 11.1. The number of nitrogens with zero attached hydrogens (tertiary/aromatic N) is 1. The topological polar surface area (TPSA) is 60.5 Å². The number of hydrogen-bond acceptors (Lipinski definition) is 5. The van der Waals surface area contributed by atoms with Crippen LogP contribution in [0.25, 0.3) is 0 Å². The van der Waals surface area contributed by atoms with E-state index in [1.165, 1.54) is 11.3 Å². The maximum absolute atomic E-state index is 11.8. The van der Waals surface area contributed by atoms with Gasteiger partial charge in [0, 0.05) is 12.0 Å². The molecule has 0 aromatic carbocycles. The van der Waals surface area contributed by atoms with E-state index in [4.69, 9.17) is 9.47 Å². The zero-order chi connectivity index (χ0) is 14.6. The smallest absolute Gasteiger partial charge is 0.263 e. The lowest BCUT2D eigenvalue weighted by atomic mass is 9.87. The van der Waals surface area contributed by atoms with Crippen molar-refractivity contribution >= 4 is 17.2 Å². The average molecular weight is 298 g/mol. The summed E-state index contributed by atoms with van der Waals surface area (Å²) in [4.78, 5) is 16.6. The standard InChI is InChI=1S/C14H22N2O3S/c1-10-16-9-11(20-10)12(17)15-6-4-5-14(2,3)13-18-7-8-19-13/h9,13H,4-8H2,1-3H3,(H,15,17). The van der Waals surface area contributed by atoms with Crippen LogP contribution in [0.1, 0.15) is 41.4 Å². The van der Waals surface area contributed by atoms with Gasteiger partial charge in [-0.3, -0.25) is 4.79 Å². The van der Waals surface area contributed by atoms with Gasteiger partial charge in [0.2, 0.25) is 0 Å². The minimum Gasteiger partial charge on any atom is -0.351 e. The van der Waals surface area contributed by atoms with Crippen molar-refractivity contribution in [1.82, 2.24) is 10.3 Å². The summed E-state index contributed by atoms with van der Waals surface area (Å²) in [6.45, 7) is 8.18. The van der Waals surface area contributed by atoms with E-state index >= 15 is 0 Å². The summed E-state index contributed by atoms with van der Waals surface area (Å²) in [6, 6.07) is 0. The fraction of sp³-hybridized carbons (Fsp3) is 0.714. The fourth-order valence-corrected chi connectivity index (χ4v) is 2.92. The molecule has 1 amide bonds. The molecular formula is C14H22N2O3S. The Hall–Kier alpha value is -0.980. The first-order valence-electron chi connectivity index (χ1n) is 6.93. The number of hydrogen-bond donors (Lipinski definition) is 1. The highest BCUT2D eigenvalue weighted by molar-refractivity contribution is 7.13. The monoisotopic (exact) mass is 298 g/mol. The first-order chi connectivity index (χ1) is 9.49. The Balaban J connectivity index is 1.69. The van der Waals surface area contributed by atoms with Crippen molar-refractivity contribution in [3.05, 3.63) is 16.1 Å². The van der Waals surface area contributed by atoms with Crippen molar-refractivity contribution in [3.63, 3.8) is 0 Å². The normalized spacial score (nSPS) is 16.6. The highest BCUT2D eigenvalue weighted by Gasteiger charge is 2.33. The average Bonchev–Trinajstić information content (AvgIpc) is 3.05. The van der Waals surface area contributed by atoms with E-state index in [0.717, 1.165) is 17.8 Å². The Bertz CT molecular complexity index is 453. The van der Waals surface area contributed by atoms with Crippen molar-refractivity contribution in [2.75, 3.05) is 19.8 Å². The third kappa shape index (κ3) is 4.01. The molecule has 0 spiro atoms. The van der Waals surface area contributed by atoms with E-state index in [0.29, 0.717) is 24.6 Å². The molecule has 6 heteroatoms. The molecule has 0 atom stereocenters. The molecule has 0 bridgehead atoms. The molecule has 2 heterocycles. The number of thiazole rings is 1. The molecule has 0 saturated carbocycles. The summed E-state index contributed by atoms with van der Waals surface area (Å²) in [7, 11) is 0. The highest BCUT2D eigenvalue weighted by atomic mass is 32.1. The zero-order valence-corrected chi connectivity index (χ0v) is 13.1. The van der Waals surface area contributed by atoms with Gasteiger partial charge >= 0.3 is 0 Å². The number of carbonyl (C=O) groups excluding carboxylic acids is 1. The SMILES string of the molecule is Cc1ncc(C(=O)NCCCC(C)(C)C2OCCO2)s1. The predicted octanol–water partition coefficient (Wildman–Crippen LogP) is 2.36. The second kappa shape index (κ2) is 6.65. The molecule has 5 nitrogen and oxygen atoms in total. The molecular weight excluding hydrogens is 276 g/mol. The Morgan fingerprint density at radius 1 is 1.50 bits per heavy atom. The van der Waals surface area contributed by atoms with Crippen LogP contribution in [0, 0.1) is 12.3 Å². The van der Waals surface area contributed by atoms with Crippen LogP contribution in [0.15, 0.2) is 6.20 Å². The Morgan fingerprint density at radius 3 is 2.80 bits per heavy atom. The maximum atomic E-state index is 11.8. The molecule has 1 N–H and O–H groups in total. The summed E-state index contributed by atoms with van der Waals surface area (Å²) in [5.41, 5.74) is -0.0255. The van der Waals surface area contributed by atoms with E-state index in [1.807, 2.05) is 6.92 Å². The van der Waals surface area contributed by atoms with Crippen LogP contribution in [0.4, 0.5) is 0 Å². The number of rotatable bonds is 6. The lowest BCUT2D eigenvalue weighted by Crippen LogP contribution is -2.32.